The number of hydrogen-bond acceptors (Lipinski definition) is 7. The molecule has 1 amide bonds. The van der Waals surface area contributed by atoms with Crippen LogP contribution < -0.4 is 5.32 Å². The summed E-state index contributed by atoms with van der Waals surface area (Å²) in [5, 5.41) is 2.55. The molecule has 3 rings (SSSR count). The Bertz CT molecular complexity index is 891. The Balaban J connectivity index is 1.50. The normalized spacial score (nSPS) is 14.0. The predicted octanol–water partition coefficient (Wildman–Crippen LogP) is 2.10. The zero-order valence-corrected chi connectivity index (χ0v) is 16.8. The van der Waals surface area contributed by atoms with Gasteiger partial charge >= 0.3 is 11.9 Å². The second-order valence-electron chi connectivity index (χ2n) is 6.75. The van der Waals surface area contributed by atoms with E-state index < -0.39 is 24.5 Å². The highest BCUT2D eigenvalue weighted by Crippen LogP contribution is 2.16. The van der Waals surface area contributed by atoms with Gasteiger partial charge in [-0.25, -0.2) is 9.59 Å². The van der Waals surface area contributed by atoms with Crippen LogP contribution in [0.15, 0.2) is 48.5 Å². The standard InChI is InChI=1S/C22H24N2O6/c1-28-22(27)18-4-2-3-5-19(18)23-20(25)15-30-21(26)17-8-6-16(7-9-17)14-24-10-12-29-13-11-24/h2-9H,10-15H2,1H3,(H,23,25). The summed E-state index contributed by atoms with van der Waals surface area (Å²) in [6, 6.07) is 13.5. The minimum atomic E-state index is -0.593. The number of amides is 1. The largest absolute Gasteiger partial charge is 0.465 e. The van der Waals surface area contributed by atoms with Crippen molar-refractivity contribution in [1.29, 1.82) is 0 Å². The number of hydrogen-bond donors (Lipinski definition) is 1. The van der Waals surface area contributed by atoms with Gasteiger partial charge in [0.15, 0.2) is 6.61 Å². The average Bonchev–Trinajstić information content (AvgIpc) is 2.78. The van der Waals surface area contributed by atoms with Crippen molar-refractivity contribution in [3.63, 3.8) is 0 Å². The molecule has 1 saturated heterocycles. The number of methoxy groups -OCH3 is 1. The van der Waals surface area contributed by atoms with E-state index in [2.05, 4.69) is 15.0 Å². The summed E-state index contributed by atoms with van der Waals surface area (Å²) >= 11 is 0. The summed E-state index contributed by atoms with van der Waals surface area (Å²) in [6.07, 6.45) is 0. The third-order valence-electron chi connectivity index (χ3n) is 4.64. The molecule has 0 aromatic heterocycles. The van der Waals surface area contributed by atoms with E-state index in [-0.39, 0.29) is 11.3 Å². The summed E-state index contributed by atoms with van der Waals surface area (Å²) in [5.74, 6) is -1.71. The first-order valence-corrected chi connectivity index (χ1v) is 9.60. The van der Waals surface area contributed by atoms with E-state index in [1.165, 1.54) is 13.2 Å². The van der Waals surface area contributed by atoms with Gasteiger partial charge in [0.2, 0.25) is 0 Å². The van der Waals surface area contributed by atoms with E-state index in [1.807, 2.05) is 12.1 Å². The van der Waals surface area contributed by atoms with Crippen molar-refractivity contribution in [3.8, 4) is 0 Å². The maximum atomic E-state index is 12.2. The van der Waals surface area contributed by atoms with Gasteiger partial charge in [0.1, 0.15) is 0 Å². The Morgan fingerprint density at radius 3 is 2.40 bits per heavy atom. The molecule has 0 unspecified atom stereocenters. The van der Waals surface area contributed by atoms with Crippen LogP contribution in [0.3, 0.4) is 0 Å². The first-order valence-electron chi connectivity index (χ1n) is 9.60. The van der Waals surface area contributed by atoms with Crippen LogP contribution in [0.5, 0.6) is 0 Å². The van der Waals surface area contributed by atoms with E-state index >= 15 is 0 Å². The van der Waals surface area contributed by atoms with E-state index in [0.717, 1.165) is 38.4 Å². The number of para-hydroxylation sites is 1. The molecular formula is C22H24N2O6. The second kappa shape index (κ2) is 10.5. The van der Waals surface area contributed by atoms with E-state index in [0.29, 0.717) is 5.56 Å². The highest BCUT2D eigenvalue weighted by molar-refractivity contribution is 6.02. The maximum Gasteiger partial charge on any atom is 0.339 e. The second-order valence-corrected chi connectivity index (χ2v) is 6.75. The fourth-order valence-electron chi connectivity index (χ4n) is 3.04. The van der Waals surface area contributed by atoms with Crippen molar-refractivity contribution in [3.05, 3.63) is 65.2 Å². The van der Waals surface area contributed by atoms with Crippen LogP contribution in [0, 0.1) is 0 Å². The zero-order valence-electron chi connectivity index (χ0n) is 16.8. The van der Waals surface area contributed by atoms with Gasteiger partial charge in [-0.05, 0) is 29.8 Å². The number of ether oxygens (including phenoxy) is 3. The summed E-state index contributed by atoms with van der Waals surface area (Å²) in [5.41, 5.74) is 1.96. The Kier molecular flexibility index (Phi) is 7.53. The molecule has 1 aliphatic rings. The summed E-state index contributed by atoms with van der Waals surface area (Å²) < 4.78 is 15.1. The van der Waals surface area contributed by atoms with Crippen molar-refractivity contribution < 1.29 is 28.6 Å². The fraction of sp³-hybridized carbons (Fsp3) is 0.318. The van der Waals surface area contributed by atoms with Crippen molar-refractivity contribution in [2.75, 3.05) is 45.3 Å². The molecular weight excluding hydrogens is 388 g/mol. The molecule has 2 aromatic carbocycles. The van der Waals surface area contributed by atoms with Crippen LogP contribution >= 0.6 is 0 Å². The van der Waals surface area contributed by atoms with Gasteiger partial charge in [-0.1, -0.05) is 24.3 Å². The quantitative estimate of drug-likeness (QED) is 0.696. The maximum absolute atomic E-state index is 12.2. The molecule has 1 heterocycles. The molecule has 1 fully saturated rings. The number of benzene rings is 2. The topological polar surface area (TPSA) is 94.2 Å². The number of carbonyl (C=O) groups is 3. The number of nitrogens with one attached hydrogen (secondary N) is 1. The predicted molar refractivity (Wildman–Crippen MR) is 109 cm³/mol. The number of carbonyl (C=O) groups excluding carboxylic acids is 3. The minimum Gasteiger partial charge on any atom is -0.465 e. The Hall–Kier alpha value is -3.23. The molecule has 0 saturated carbocycles. The molecule has 8 nitrogen and oxygen atoms in total. The highest BCUT2D eigenvalue weighted by Gasteiger charge is 2.16. The molecule has 8 heteroatoms. The van der Waals surface area contributed by atoms with Crippen LogP contribution in [0.2, 0.25) is 0 Å². The number of anilines is 1. The summed E-state index contributed by atoms with van der Waals surface area (Å²) in [6.45, 7) is 3.56. The minimum absolute atomic E-state index is 0.218. The molecule has 0 bridgehead atoms. The number of morpholine rings is 1. The SMILES string of the molecule is COC(=O)c1ccccc1NC(=O)COC(=O)c1ccc(CN2CCOCC2)cc1. The lowest BCUT2D eigenvalue weighted by Crippen LogP contribution is -2.35. The van der Waals surface area contributed by atoms with Crippen molar-refractivity contribution in [2.45, 2.75) is 6.54 Å². The van der Waals surface area contributed by atoms with Gasteiger partial charge in [0, 0.05) is 19.6 Å². The average molecular weight is 412 g/mol. The number of rotatable bonds is 7. The van der Waals surface area contributed by atoms with Crippen LogP contribution in [0.4, 0.5) is 5.69 Å². The third kappa shape index (κ3) is 5.88. The summed E-state index contributed by atoms with van der Waals surface area (Å²) in [4.78, 5) is 38.4. The molecule has 0 aliphatic carbocycles. The molecule has 0 atom stereocenters. The van der Waals surface area contributed by atoms with Crippen LogP contribution in [-0.2, 0) is 25.5 Å². The smallest absolute Gasteiger partial charge is 0.339 e. The van der Waals surface area contributed by atoms with E-state index in [9.17, 15) is 14.4 Å². The van der Waals surface area contributed by atoms with E-state index in [4.69, 9.17) is 9.47 Å². The zero-order chi connectivity index (χ0) is 21.3. The van der Waals surface area contributed by atoms with Gasteiger partial charge in [0.25, 0.3) is 5.91 Å². The first kappa shape index (κ1) is 21.5. The molecule has 0 spiro atoms. The highest BCUT2D eigenvalue weighted by atomic mass is 16.5. The van der Waals surface area contributed by atoms with Gasteiger partial charge in [0.05, 0.1) is 37.1 Å². The number of esters is 2. The van der Waals surface area contributed by atoms with Gasteiger partial charge in [-0.15, -0.1) is 0 Å². The van der Waals surface area contributed by atoms with Gasteiger partial charge in [-0.3, -0.25) is 9.69 Å². The monoisotopic (exact) mass is 412 g/mol. The van der Waals surface area contributed by atoms with Crippen molar-refractivity contribution >= 4 is 23.5 Å². The molecule has 1 N–H and O–H groups in total. The van der Waals surface area contributed by atoms with Gasteiger partial charge < -0.3 is 19.5 Å². The summed E-state index contributed by atoms with van der Waals surface area (Å²) in [7, 11) is 1.26. The van der Waals surface area contributed by atoms with E-state index in [1.54, 1.807) is 30.3 Å². The molecule has 1 aliphatic heterocycles. The van der Waals surface area contributed by atoms with Crippen LogP contribution in [0.1, 0.15) is 26.3 Å². The lowest BCUT2D eigenvalue weighted by atomic mass is 10.1. The molecule has 2 aromatic rings. The third-order valence-corrected chi connectivity index (χ3v) is 4.64. The van der Waals surface area contributed by atoms with Crippen LogP contribution in [-0.4, -0.2) is 62.8 Å². The molecule has 30 heavy (non-hydrogen) atoms. The van der Waals surface area contributed by atoms with Crippen molar-refractivity contribution in [2.24, 2.45) is 0 Å². The molecule has 0 radical (unpaired) electrons. The lowest BCUT2D eigenvalue weighted by molar-refractivity contribution is -0.119. The number of nitrogens with zero attached hydrogens (tertiary/aromatic N) is 1. The lowest BCUT2D eigenvalue weighted by Gasteiger charge is -2.26. The van der Waals surface area contributed by atoms with Crippen molar-refractivity contribution in [1.82, 2.24) is 4.90 Å². The fourth-order valence-corrected chi connectivity index (χ4v) is 3.04. The van der Waals surface area contributed by atoms with Crippen LogP contribution in [0.25, 0.3) is 0 Å². The Labute approximate surface area is 174 Å². The first-order chi connectivity index (χ1) is 14.6. The molecule has 158 valence electrons. The van der Waals surface area contributed by atoms with Gasteiger partial charge in [-0.2, -0.15) is 0 Å². The Morgan fingerprint density at radius 2 is 1.70 bits per heavy atom. The Morgan fingerprint density at radius 1 is 1.00 bits per heavy atom.